The Labute approximate surface area is 150 Å². The summed E-state index contributed by atoms with van der Waals surface area (Å²) in [7, 11) is 0. The minimum atomic E-state index is -0.590. The highest BCUT2D eigenvalue weighted by Gasteiger charge is 2.24. The first-order chi connectivity index (χ1) is 12.0. The van der Waals surface area contributed by atoms with Gasteiger partial charge in [-0.15, -0.1) is 0 Å². The second kappa shape index (κ2) is 7.27. The van der Waals surface area contributed by atoms with Gasteiger partial charge in [0.1, 0.15) is 5.56 Å². The molecular formula is C18H20ClN3O3. The minimum absolute atomic E-state index is 0.0128. The van der Waals surface area contributed by atoms with Gasteiger partial charge in [-0.3, -0.25) is 14.2 Å². The van der Waals surface area contributed by atoms with Crippen molar-refractivity contribution in [1.29, 1.82) is 0 Å². The minimum Gasteiger partial charge on any atom is -0.338 e. The summed E-state index contributed by atoms with van der Waals surface area (Å²) >= 11 is 6.11. The highest BCUT2D eigenvalue weighted by atomic mass is 35.5. The molecule has 6 nitrogen and oxygen atoms in total. The zero-order chi connectivity index (χ0) is 18.0. The van der Waals surface area contributed by atoms with E-state index >= 15 is 0 Å². The number of piperidine rings is 1. The fraction of sp³-hybridized carbons (Fsp3) is 0.389. The highest BCUT2D eigenvalue weighted by molar-refractivity contribution is 6.31. The molecule has 1 fully saturated rings. The summed E-state index contributed by atoms with van der Waals surface area (Å²) < 4.78 is 1.01. The average Bonchev–Trinajstić information content (AvgIpc) is 2.60. The molecule has 0 spiro atoms. The third kappa shape index (κ3) is 3.69. The van der Waals surface area contributed by atoms with E-state index in [1.165, 1.54) is 6.20 Å². The van der Waals surface area contributed by atoms with E-state index in [0.717, 1.165) is 17.4 Å². The van der Waals surface area contributed by atoms with Crippen LogP contribution >= 0.6 is 11.6 Å². The van der Waals surface area contributed by atoms with Crippen LogP contribution in [0, 0.1) is 5.92 Å². The quantitative estimate of drug-likeness (QED) is 0.909. The Bertz CT molecular complexity index is 895. The number of hydrogen-bond acceptors (Lipinski definition) is 3. The summed E-state index contributed by atoms with van der Waals surface area (Å²) in [4.78, 5) is 41.6. The predicted molar refractivity (Wildman–Crippen MR) is 96.2 cm³/mol. The molecule has 0 aliphatic carbocycles. The first-order valence-corrected chi connectivity index (χ1v) is 8.70. The average molecular weight is 362 g/mol. The molecule has 1 aliphatic rings. The van der Waals surface area contributed by atoms with Gasteiger partial charge in [-0.1, -0.05) is 36.7 Å². The van der Waals surface area contributed by atoms with Crippen LogP contribution in [-0.2, 0) is 6.54 Å². The molecule has 1 aromatic heterocycles. The summed E-state index contributed by atoms with van der Waals surface area (Å²) in [5, 5.41) is 0.468. The van der Waals surface area contributed by atoms with Crippen molar-refractivity contribution in [2.24, 2.45) is 5.92 Å². The number of carbonyl (C=O) groups is 1. The van der Waals surface area contributed by atoms with E-state index < -0.39 is 11.2 Å². The van der Waals surface area contributed by atoms with Gasteiger partial charge in [-0.05, 0) is 30.4 Å². The number of rotatable bonds is 3. The SMILES string of the molecule is CC1CCN(C(=O)c2c[nH]c(=O)n(Cc3ccccc3Cl)c2=O)CC1. The molecule has 1 saturated heterocycles. The number of halogens is 1. The van der Waals surface area contributed by atoms with Crippen molar-refractivity contribution in [3.8, 4) is 0 Å². The lowest BCUT2D eigenvalue weighted by atomic mass is 9.99. The fourth-order valence-corrected chi connectivity index (χ4v) is 3.18. The van der Waals surface area contributed by atoms with Gasteiger partial charge in [-0.25, -0.2) is 4.79 Å². The van der Waals surface area contributed by atoms with E-state index in [4.69, 9.17) is 11.6 Å². The first-order valence-electron chi connectivity index (χ1n) is 8.32. The molecule has 3 rings (SSSR count). The van der Waals surface area contributed by atoms with Crippen LogP contribution in [0.4, 0.5) is 0 Å². The van der Waals surface area contributed by atoms with Crippen molar-refractivity contribution >= 4 is 17.5 Å². The van der Waals surface area contributed by atoms with Gasteiger partial charge in [0.25, 0.3) is 11.5 Å². The van der Waals surface area contributed by atoms with E-state index in [0.29, 0.717) is 29.6 Å². The molecule has 0 atom stereocenters. The Kier molecular flexibility index (Phi) is 5.08. The maximum absolute atomic E-state index is 12.7. The van der Waals surface area contributed by atoms with Gasteiger partial charge in [0, 0.05) is 24.3 Å². The Hall–Kier alpha value is -2.34. The number of H-pyrrole nitrogens is 1. The van der Waals surface area contributed by atoms with Crippen molar-refractivity contribution in [1.82, 2.24) is 14.5 Å². The van der Waals surface area contributed by atoms with Crippen LogP contribution in [0.3, 0.4) is 0 Å². The normalized spacial score (nSPS) is 15.4. The number of benzene rings is 1. The zero-order valence-corrected chi connectivity index (χ0v) is 14.8. The Morgan fingerprint density at radius 2 is 1.92 bits per heavy atom. The van der Waals surface area contributed by atoms with Crippen LogP contribution in [0.5, 0.6) is 0 Å². The highest BCUT2D eigenvalue weighted by Crippen LogP contribution is 2.17. The molecule has 2 heterocycles. The van der Waals surface area contributed by atoms with Crippen molar-refractivity contribution in [2.75, 3.05) is 13.1 Å². The summed E-state index contributed by atoms with van der Waals surface area (Å²) in [6.45, 7) is 3.43. The summed E-state index contributed by atoms with van der Waals surface area (Å²) in [6.07, 6.45) is 3.06. The number of nitrogens with zero attached hydrogens (tertiary/aromatic N) is 2. The van der Waals surface area contributed by atoms with Gasteiger partial charge in [0.2, 0.25) is 0 Å². The lowest BCUT2D eigenvalue weighted by Crippen LogP contribution is -2.44. The van der Waals surface area contributed by atoms with Gasteiger partial charge in [-0.2, -0.15) is 0 Å². The number of likely N-dealkylation sites (tertiary alicyclic amines) is 1. The first kappa shape index (κ1) is 17.5. The lowest BCUT2D eigenvalue weighted by molar-refractivity contribution is 0.0694. The monoisotopic (exact) mass is 361 g/mol. The molecule has 1 aliphatic heterocycles. The van der Waals surface area contributed by atoms with Crippen molar-refractivity contribution in [2.45, 2.75) is 26.3 Å². The third-order valence-corrected chi connectivity index (χ3v) is 5.02. The van der Waals surface area contributed by atoms with Crippen LogP contribution in [0.25, 0.3) is 0 Å². The third-order valence-electron chi connectivity index (χ3n) is 4.65. The van der Waals surface area contributed by atoms with E-state index in [1.54, 1.807) is 29.2 Å². The predicted octanol–water partition coefficient (Wildman–Crippen LogP) is 2.11. The number of aromatic amines is 1. The fourth-order valence-electron chi connectivity index (χ4n) is 2.99. The van der Waals surface area contributed by atoms with E-state index in [9.17, 15) is 14.4 Å². The number of aromatic nitrogens is 2. The molecule has 1 aromatic carbocycles. The van der Waals surface area contributed by atoms with E-state index in [-0.39, 0.29) is 18.0 Å². The van der Waals surface area contributed by atoms with Gasteiger partial charge < -0.3 is 9.88 Å². The smallest absolute Gasteiger partial charge is 0.328 e. The molecular weight excluding hydrogens is 342 g/mol. The Morgan fingerprint density at radius 1 is 1.24 bits per heavy atom. The maximum Gasteiger partial charge on any atom is 0.328 e. The molecule has 132 valence electrons. The Morgan fingerprint density at radius 3 is 2.60 bits per heavy atom. The molecule has 0 saturated carbocycles. The summed E-state index contributed by atoms with van der Waals surface area (Å²) in [5.74, 6) is 0.248. The van der Waals surface area contributed by atoms with E-state index in [1.807, 2.05) is 0 Å². The van der Waals surface area contributed by atoms with Crippen LogP contribution in [0.1, 0.15) is 35.7 Å². The Balaban J connectivity index is 1.92. The van der Waals surface area contributed by atoms with Crippen LogP contribution in [-0.4, -0.2) is 33.4 Å². The van der Waals surface area contributed by atoms with Crippen molar-refractivity contribution in [3.05, 3.63) is 67.4 Å². The molecule has 2 aromatic rings. The van der Waals surface area contributed by atoms with Crippen molar-refractivity contribution < 1.29 is 4.79 Å². The topological polar surface area (TPSA) is 75.2 Å². The van der Waals surface area contributed by atoms with Crippen molar-refractivity contribution in [3.63, 3.8) is 0 Å². The molecule has 1 amide bonds. The molecule has 7 heteroatoms. The molecule has 0 bridgehead atoms. The lowest BCUT2D eigenvalue weighted by Gasteiger charge is -2.30. The molecule has 0 radical (unpaired) electrons. The molecule has 1 N–H and O–H groups in total. The molecule has 25 heavy (non-hydrogen) atoms. The van der Waals surface area contributed by atoms with Gasteiger partial charge in [0.05, 0.1) is 6.54 Å². The summed E-state index contributed by atoms with van der Waals surface area (Å²) in [6, 6.07) is 7.00. The van der Waals surface area contributed by atoms with Gasteiger partial charge >= 0.3 is 5.69 Å². The molecule has 0 unspecified atom stereocenters. The number of nitrogens with one attached hydrogen (secondary N) is 1. The standard InChI is InChI=1S/C18H20ClN3O3/c1-12-6-8-21(9-7-12)16(23)14-10-20-18(25)22(17(14)24)11-13-4-2-3-5-15(13)19/h2-5,10,12H,6-9,11H2,1H3,(H,20,25). The van der Waals surface area contributed by atoms with E-state index in [2.05, 4.69) is 11.9 Å². The number of hydrogen-bond donors (Lipinski definition) is 1. The maximum atomic E-state index is 12.7. The van der Waals surface area contributed by atoms with Crippen LogP contribution in [0.2, 0.25) is 5.02 Å². The van der Waals surface area contributed by atoms with Crippen LogP contribution in [0.15, 0.2) is 40.1 Å². The largest absolute Gasteiger partial charge is 0.338 e. The number of amides is 1. The zero-order valence-electron chi connectivity index (χ0n) is 14.0. The summed E-state index contributed by atoms with van der Waals surface area (Å²) in [5.41, 5.74) is -0.518. The second-order valence-corrected chi connectivity index (χ2v) is 6.87. The van der Waals surface area contributed by atoms with Gasteiger partial charge in [0.15, 0.2) is 0 Å². The number of carbonyl (C=O) groups excluding carboxylic acids is 1. The second-order valence-electron chi connectivity index (χ2n) is 6.46. The van der Waals surface area contributed by atoms with Crippen LogP contribution < -0.4 is 11.2 Å².